The Balaban J connectivity index is 1.52. The van der Waals surface area contributed by atoms with Crippen molar-refractivity contribution in [3.8, 4) is 0 Å². The lowest BCUT2D eigenvalue weighted by atomic mass is 9.88. The van der Waals surface area contributed by atoms with Gasteiger partial charge in [0.05, 0.1) is 6.54 Å². The van der Waals surface area contributed by atoms with Gasteiger partial charge in [-0.15, -0.1) is 0 Å². The van der Waals surface area contributed by atoms with Crippen LogP contribution in [0.25, 0.3) is 0 Å². The monoisotopic (exact) mass is 350 g/mol. The maximum Gasteiger partial charge on any atom is 0.129 e. The van der Waals surface area contributed by atoms with E-state index in [0.717, 1.165) is 50.0 Å². The predicted octanol–water partition coefficient (Wildman–Crippen LogP) is 2.87. The quantitative estimate of drug-likeness (QED) is 0.781. The van der Waals surface area contributed by atoms with Crippen LogP contribution in [0.5, 0.6) is 0 Å². The van der Waals surface area contributed by atoms with Gasteiger partial charge in [0.2, 0.25) is 0 Å². The van der Waals surface area contributed by atoms with Gasteiger partial charge in [-0.05, 0) is 37.3 Å². The Kier molecular flexibility index (Phi) is 7.35. The van der Waals surface area contributed by atoms with Crippen LogP contribution in [0.3, 0.4) is 0 Å². The number of methoxy groups -OCH3 is 1. The fourth-order valence-electron chi connectivity index (χ4n) is 4.41. The first kappa shape index (κ1) is 18.9. The van der Waals surface area contributed by atoms with E-state index in [-0.39, 0.29) is 6.61 Å². The van der Waals surface area contributed by atoms with E-state index in [9.17, 15) is 5.11 Å². The van der Waals surface area contributed by atoms with E-state index < -0.39 is 0 Å². The summed E-state index contributed by atoms with van der Waals surface area (Å²) in [5, 5.41) is 9.50. The maximum absolute atomic E-state index is 9.50. The zero-order valence-electron chi connectivity index (χ0n) is 15.7. The van der Waals surface area contributed by atoms with E-state index >= 15 is 0 Å². The predicted molar refractivity (Wildman–Crippen MR) is 98.3 cm³/mol. The molecule has 0 radical (unpaired) electrons. The first-order valence-corrected chi connectivity index (χ1v) is 9.92. The summed E-state index contributed by atoms with van der Waals surface area (Å²) < 4.78 is 11.0. The van der Waals surface area contributed by atoms with Crippen LogP contribution in [0.1, 0.15) is 50.0 Å². The number of hydrogen-bond acceptors (Lipinski definition) is 5. The lowest BCUT2D eigenvalue weighted by Crippen LogP contribution is -2.54. The molecule has 1 saturated heterocycles. The number of furan rings is 1. The molecule has 3 rings (SSSR count). The smallest absolute Gasteiger partial charge is 0.129 e. The lowest BCUT2D eigenvalue weighted by molar-refractivity contribution is 0.0369. The van der Waals surface area contributed by atoms with Crippen molar-refractivity contribution in [2.24, 2.45) is 5.92 Å². The summed E-state index contributed by atoms with van der Waals surface area (Å²) in [7, 11) is 1.69. The van der Waals surface area contributed by atoms with Crippen molar-refractivity contribution in [1.82, 2.24) is 9.80 Å². The topological polar surface area (TPSA) is 49.1 Å². The van der Waals surface area contributed by atoms with Crippen molar-refractivity contribution in [2.75, 3.05) is 39.9 Å². The minimum absolute atomic E-state index is 0.276. The van der Waals surface area contributed by atoms with Crippen LogP contribution < -0.4 is 0 Å². The summed E-state index contributed by atoms with van der Waals surface area (Å²) in [5.41, 5.74) is 0. The Morgan fingerprint density at radius 1 is 1.16 bits per heavy atom. The summed E-state index contributed by atoms with van der Waals surface area (Å²) >= 11 is 0. The lowest BCUT2D eigenvalue weighted by Gasteiger charge is -2.43. The largest absolute Gasteiger partial charge is 0.462 e. The normalized spacial score (nSPS) is 24.0. The van der Waals surface area contributed by atoms with Gasteiger partial charge in [0.25, 0.3) is 0 Å². The van der Waals surface area contributed by atoms with Crippen LogP contribution in [0.15, 0.2) is 16.5 Å². The minimum Gasteiger partial charge on any atom is -0.462 e. The Hall–Kier alpha value is -0.880. The molecule has 1 aromatic rings. The molecule has 2 heterocycles. The summed E-state index contributed by atoms with van der Waals surface area (Å²) in [6.45, 7) is 6.08. The van der Waals surface area contributed by atoms with Crippen LogP contribution in [0.4, 0.5) is 0 Å². The third-order valence-corrected chi connectivity index (χ3v) is 5.75. The fourth-order valence-corrected chi connectivity index (χ4v) is 4.41. The van der Waals surface area contributed by atoms with Crippen LogP contribution in [-0.2, 0) is 17.9 Å². The number of aliphatic hydroxyl groups excluding tert-OH is 1. The first-order valence-electron chi connectivity index (χ1n) is 9.92. The second-order valence-electron chi connectivity index (χ2n) is 7.70. The third kappa shape index (κ3) is 5.55. The summed E-state index contributed by atoms with van der Waals surface area (Å²) in [6.07, 6.45) is 7.87. The second kappa shape index (κ2) is 9.72. The van der Waals surface area contributed by atoms with Crippen LogP contribution in [-0.4, -0.2) is 60.8 Å². The summed E-state index contributed by atoms with van der Waals surface area (Å²) in [5.74, 6) is 2.76. The number of piperazine rings is 1. The van der Waals surface area contributed by atoms with Crippen molar-refractivity contribution in [2.45, 2.75) is 57.7 Å². The van der Waals surface area contributed by atoms with Gasteiger partial charge in [0.1, 0.15) is 18.1 Å². The SMILES string of the molecule is COCc1ccc(CN2CCN(CC3CCCCC3)C(CCO)C2)o1. The number of hydrogen-bond donors (Lipinski definition) is 1. The molecule has 1 N–H and O–H groups in total. The molecule has 1 unspecified atom stereocenters. The van der Waals surface area contributed by atoms with Crippen LogP contribution >= 0.6 is 0 Å². The Labute approximate surface area is 151 Å². The zero-order chi connectivity index (χ0) is 17.5. The molecule has 0 amide bonds. The van der Waals surface area contributed by atoms with E-state index in [0.29, 0.717) is 12.6 Å². The van der Waals surface area contributed by atoms with E-state index in [1.54, 1.807) is 7.11 Å². The first-order chi connectivity index (χ1) is 12.3. The molecule has 1 aromatic heterocycles. The number of nitrogens with zero attached hydrogens (tertiary/aromatic N) is 2. The molecule has 0 spiro atoms. The molecule has 1 atom stereocenters. The third-order valence-electron chi connectivity index (χ3n) is 5.75. The van der Waals surface area contributed by atoms with Crippen LogP contribution in [0, 0.1) is 5.92 Å². The van der Waals surface area contributed by atoms with Gasteiger partial charge in [-0.2, -0.15) is 0 Å². The molecule has 2 fully saturated rings. The highest BCUT2D eigenvalue weighted by Gasteiger charge is 2.29. The molecule has 2 aliphatic rings. The number of rotatable bonds is 8. The molecule has 1 saturated carbocycles. The van der Waals surface area contributed by atoms with E-state index in [1.165, 1.54) is 38.6 Å². The minimum atomic E-state index is 0.276. The van der Waals surface area contributed by atoms with Gasteiger partial charge in [0.15, 0.2) is 0 Å². The van der Waals surface area contributed by atoms with Crippen molar-refractivity contribution in [1.29, 1.82) is 0 Å². The average molecular weight is 351 g/mol. The molecule has 5 nitrogen and oxygen atoms in total. The molecular formula is C20H34N2O3. The Bertz CT molecular complexity index is 499. The summed E-state index contributed by atoms with van der Waals surface area (Å²) in [4.78, 5) is 5.11. The van der Waals surface area contributed by atoms with Gasteiger partial charge < -0.3 is 14.3 Å². The Morgan fingerprint density at radius 2 is 1.96 bits per heavy atom. The highest BCUT2D eigenvalue weighted by Crippen LogP contribution is 2.26. The van der Waals surface area contributed by atoms with Gasteiger partial charge in [0, 0.05) is 45.9 Å². The highest BCUT2D eigenvalue weighted by atomic mass is 16.5. The molecule has 0 bridgehead atoms. The summed E-state index contributed by atoms with van der Waals surface area (Å²) in [6, 6.07) is 4.53. The molecule has 142 valence electrons. The van der Waals surface area contributed by atoms with Gasteiger partial charge >= 0.3 is 0 Å². The molecule has 1 aliphatic carbocycles. The maximum atomic E-state index is 9.50. The number of ether oxygens (including phenoxy) is 1. The molecule has 25 heavy (non-hydrogen) atoms. The Morgan fingerprint density at radius 3 is 2.72 bits per heavy atom. The van der Waals surface area contributed by atoms with Gasteiger partial charge in [-0.3, -0.25) is 9.80 Å². The van der Waals surface area contributed by atoms with Crippen molar-refractivity contribution < 1.29 is 14.3 Å². The molecule has 5 heteroatoms. The van der Waals surface area contributed by atoms with Crippen LogP contribution in [0.2, 0.25) is 0 Å². The van der Waals surface area contributed by atoms with Crippen molar-refractivity contribution >= 4 is 0 Å². The van der Waals surface area contributed by atoms with E-state index in [2.05, 4.69) is 15.9 Å². The van der Waals surface area contributed by atoms with Gasteiger partial charge in [-0.1, -0.05) is 19.3 Å². The molecule has 0 aromatic carbocycles. The molecular weight excluding hydrogens is 316 g/mol. The van der Waals surface area contributed by atoms with E-state index in [1.807, 2.05) is 6.07 Å². The van der Waals surface area contributed by atoms with E-state index in [4.69, 9.17) is 9.15 Å². The highest BCUT2D eigenvalue weighted by molar-refractivity contribution is 5.06. The fraction of sp³-hybridized carbons (Fsp3) is 0.800. The van der Waals surface area contributed by atoms with Crippen molar-refractivity contribution in [3.63, 3.8) is 0 Å². The number of aliphatic hydroxyl groups is 1. The average Bonchev–Trinajstić information content (AvgIpc) is 3.06. The second-order valence-corrected chi connectivity index (χ2v) is 7.70. The molecule has 1 aliphatic heterocycles. The van der Waals surface area contributed by atoms with Crippen molar-refractivity contribution in [3.05, 3.63) is 23.7 Å². The zero-order valence-corrected chi connectivity index (χ0v) is 15.7. The van der Waals surface area contributed by atoms with Gasteiger partial charge in [-0.25, -0.2) is 0 Å². The standard InChI is InChI=1S/C20H34N2O3/c1-24-16-20-8-7-19(25-20)15-21-10-11-22(18(14-21)9-12-23)13-17-5-3-2-4-6-17/h7-8,17-18,23H,2-6,9-16H2,1H3.